The molecule has 0 heterocycles. The summed E-state index contributed by atoms with van der Waals surface area (Å²) in [5.74, 6) is 0. The van der Waals surface area contributed by atoms with Gasteiger partial charge in [-0.1, -0.05) is 38.3 Å². The summed E-state index contributed by atoms with van der Waals surface area (Å²) < 4.78 is 0. The Hall–Kier alpha value is -1.34. The fraction of sp³-hybridized carbons (Fsp3) is 0.333. The molecule has 0 aliphatic heterocycles. The van der Waals surface area contributed by atoms with Crippen LogP contribution in [-0.2, 0) is 0 Å². The third-order valence-corrected chi connectivity index (χ3v) is 3.43. The van der Waals surface area contributed by atoms with Crippen molar-refractivity contribution in [1.82, 2.24) is 0 Å². The third-order valence-electron chi connectivity index (χ3n) is 3.43. The number of hydrogen-bond acceptors (Lipinski definition) is 1. The largest absolute Gasteiger partial charge is 0.381 e. The zero-order valence-corrected chi connectivity index (χ0v) is 9.46. The van der Waals surface area contributed by atoms with Gasteiger partial charge in [0.05, 0.1) is 0 Å². The fourth-order valence-electron chi connectivity index (χ4n) is 2.11. The number of aliphatic hydroxyl groups is 1. The average Bonchev–Trinajstić information content (AvgIpc) is 2.15. The van der Waals surface area contributed by atoms with E-state index in [0.29, 0.717) is 0 Å². The van der Waals surface area contributed by atoms with Gasteiger partial charge in [0.2, 0.25) is 0 Å². The molecule has 1 aliphatic rings. The predicted octanol–water partition coefficient (Wildman–Crippen LogP) is 2.07. The van der Waals surface area contributed by atoms with Crippen molar-refractivity contribution in [2.24, 2.45) is 0 Å². The third kappa shape index (κ3) is 1.61. The van der Waals surface area contributed by atoms with E-state index in [1.54, 1.807) is 0 Å². The van der Waals surface area contributed by atoms with Crippen molar-refractivity contribution in [2.75, 3.05) is 0 Å². The Morgan fingerprint density at radius 1 is 1.25 bits per heavy atom. The maximum atomic E-state index is 10.3. The summed E-state index contributed by atoms with van der Waals surface area (Å²) in [6.45, 7) is 9.79. The first-order valence-corrected chi connectivity index (χ1v) is 5.15. The van der Waals surface area contributed by atoms with Gasteiger partial charge in [0.25, 0.3) is 0 Å². The average molecular weight is 216 g/mol. The molecule has 0 saturated carbocycles. The van der Waals surface area contributed by atoms with Crippen LogP contribution in [0.1, 0.15) is 33.8 Å². The molecule has 1 N–H and O–H groups in total. The number of fused-ring (bicyclic) bond motifs is 1. The summed E-state index contributed by atoms with van der Waals surface area (Å²) in [6, 6.07) is 6.04. The van der Waals surface area contributed by atoms with Crippen molar-refractivity contribution < 1.29 is 5.11 Å². The summed E-state index contributed by atoms with van der Waals surface area (Å²) in [4.78, 5) is 0. The van der Waals surface area contributed by atoms with Gasteiger partial charge < -0.3 is 5.11 Å². The lowest BCUT2D eigenvalue weighted by Crippen LogP contribution is -2.40. The van der Waals surface area contributed by atoms with Crippen molar-refractivity contribution >= 4 is 18.2 Å². The van der Waals surface area contributed by atoms with Crippen molar-refractivity contribution in [3.63, 3.8) is 0 Å². The second kappa shape index (κ2) is 3.91. The molecule has 0 aromatic heterocycles. The second-order valence-corrected chi connectivity index (χ2v) is 4.41. The Morgan fingerprint density at radius 3 is 2.50 bits per heavy atom. The van der Waals surface area contributed by atoms with Gasteiger partial charge in [-0.15, -0.1) is 0 Å². The van der Waals surface area contributed by atoms with E-state index in [9.17, 15) is 5.11 Å². The molecule has 0 spiro atoms. The summed E-state index contributed by atoms with van der Waals surface area (Å²) in [6.07, 6.45) is 2.04. The fourth-order valence-corrected chi connectivity index (χ4v) is 2.11. The highest BCUT2D eigenvalue weighted by Crippen LogP contribution is 2.28. The van der Waals surface area contributed by atoms with E-state index < -0.39 is 5.60 Å². The summed E-state index contributed by atoms with van der Waals surface area (Å²) in [5, 5.41) is 12.4. The van der Waals surface area contributed by atoms with Crippen molar-refractivity contribution in [3.05, 3.63) is 39.8 Å². The number of hydrogen-bond donors (Lipinski definition) is 1. The van der Waals surface area contributed by atoms with Crippen LogP contribution in [0.4, 0.5) is 0 Å². The summed E-state index contributed by atoms with van der Waals surface area (Å²) in [5.41, 5.74) is 2.30. The molecule has 1 aromatic rings. The van der Waals surface area contributed by atoms with E-state index in [2.05, 4.69) is 12.6 Å². The zero-order valence-electron chi connectivity index (χ0n) is 9.46. The molecule has 0 saturated heterocycles. The molecule has 1 heteroatoms. The Morgan fingerprint density at radius 2 is 1.88 bits per heavy atom. The molecule has 0 bridgehead atoms. The normalized spacial score (nSPS) is 23.2. The van der Waals surface area contributed by atoms with E-state index in [1.807, 2.05) is 39.0 Å². The molecule has 1 aromatic carbocycles. The Kier molecular flexibility index (Phi) is 3.11. The topological polar surface area (TPSA) is 20.2 Å². The van der Waals surface area contributed by atoms with Crippen LogP contribution in [0, 0.1) is 0 Å². The molecular weight excluding hydrogens is 196 g/mol. The lowest BCUT2D eigenvalue weighted by molar-refractivity contribution is 0.159. The van der Waals surface area contributed by atoms with Gasteiger partial charge in [0.1, 0.15) is 5.60 Å². The molecule has 86 valence electrons. The van der Waals surface area contributed by atoms with Gasteiger partial charge in [-0.25, -0.2) is 0 Å². The maximum Gasteiger partial charge on any atom is 0.105 e. The van der Waals surface area contributed by atoms with E-state index in [1.165, 1.54) is 0 Å². The van der Waals surface area contributed by atoms with E-state index in [-0.39, 0.29) is 7.43 Å². The van der Waals surface area contributed by atoms with Gasteiger partial charge in [-0.2, -0.15) is 0 Å². The van der Waals surface area contributed by atoms with Gasteiger partial charge in [-0.3, -0.25) is 0 Å². The standard InChI is InChI=1S/C14H16O.CH4/c1-9-6-5-7-12-8-10(2)14(4,15)11(3)13(9)12;/h5-8,15H,1H2,2-4H3;1H4. The first-order chi connectivity index (χ1) is 6.94. The van der Waals surface area contributed by atoms with Crippen LogP contribution in [0.3, 0.4) is 0 Å². The minimum absolute atomic E-state index is 0. The van der Waals surface area contributed by atoms with Crippen molar-refractivity contribution in [1.29, 1.82) is 0 Å². The Labute approximate surface area is 97.4 Å². The smallest absolute Gasteiger partial charge is 0.105 e. The SMILES string of the molecule is C.C=c1cccc2c1=C(C)C(C)(O)C(C)=C2. The predicted molar refractivity (Wildman–Crippen MR) is 71.3 cm³/mol. The van der Waals surface area contributed by atoms with E-state index >= 15 is 0 Å². The summed E-state index contributed by atoms with van der Waals surface area (Å²) >= 11 is 0. The van der Waals surface area contributed by atoms with Gasteiger partial charge in [0.15, 0.2) is 0 Å². The lowest BCUT2D eigenvalue weighted by atomic mass is 9.82. The minimum Gasteiger partial charge on any atom is -0.381 e. The van der Waals surface area contributed by atoms with Gasteiger partial charge in [0, 0.05) is 0 Å². The molecular formula is C15H20O. The Bertz CT molecular complexity index is 547. The molecule has 1 nitrogen and oxygen atoms in total. The Balaban J connectivity index is 0.00000128. The molecule has 1 unspecified atom stereocenters. The molecule has 0 fully saturated rings. The monoisotopic (exact) mass is 216 g/mol. The molecule has 0 radical (unpaired) electrons. The van der Waals surface area contributed by atoms with Crippen LogP contribution in [0.2, 0.25) is 0 Å². The van der Waals surface area contributed by atoms with Gasteiger partial charge in [-0.05, 0) is 47.9 Å². The van der Waals surface area contributed by atoms with Crippen molar-refractivity contribution in [3.8, 4) is 0 Å². The zero-order chi connectivity index (χ0) is 11.2. The second-order valence-electron chi connectivity index (χ2n) is 4.41. The van der Waals surface area contributed by atoms with Crippen LogP contribution in [0.25, 0.3) is 18.2 Å². The van der Waals surface area contributed by atoms with Crippen LogP contribution >= 0.6 is 0 Å². The highest BCUT2D eigenvalue weighted by atomic mass is 16.3. The van der Waals surface area contributed by atoms with Crippen molar-refractivity contribution in [2.45, 2.75) is 33.8 Å². The molecule has 1 atom stereocenters. The molecule has 0 amide bonds. The molecule has 16 heavy (non-hydrogen) atoms. The molecule has 1 aliphatic carbocycles. The highest BCUT2D eigenvalue weighted by Gasteiger charge is 2.28. The van der Waals surface area contributed by atoms with Gasteiger partial charge >= 0.3 is 0 Å². The van der Waals surface area contributed by atoms with E-state index in [4.69, 9.17) is 0 Å². The quantitative estimate of drug-likeness (QED) is 0.704. The maximum absolute atomic E-state index is 10.3. The number of benzene rings is 1. The minimum atomic E-state index is -0.833. The highest BCUT2D eigenvalue weighted by molar-refractivity contribution is 5.72. The van der Waals surface area contributed by atoms with Crippen LogP contribution in [-0.4, -0.2) is 10.7 Å². The molecule has 2 rings (SSSR count). The lowest BCUT2D eigenvalue weighted by Gasteiger charge is -2.29. The van der Waals surface area contributed by atoms with Crippen LogP contribution < -0.4 is 10.4 Å². The summed E-state index contributed by atoms with van der Waals surface area (Å²) in [7, 11) is 0. The first kappa shape index (κ1) is 12.7. The van der Waals surface area contributed by atoms with E-state index in [0.717, 1.165) is 27.1 Å². The van der Waals surface area contributed by atoms with Crippen LogP contribution in [0.5, 0.6) is 0 Å². The first-order valence-electron chi connectivity index (χ1n) is 5.15. The van der Waals surface area contributed by atoms with Crippen LogP contribution in [0.15, 0.2) is 23.8 Å². The number of rotatable bonds is 0.